The zero-order valence-electron chi connectivity index (χ0n) is 42.0. The van der Waals surface area contributed by atoms with Gasteiger partial charge in [-0.05, 0) is 79.0 Å². The van der Waals surface area contributed by atoms with Gasteiger partial charge in [-0.25, -0.2) is 4.79 Å². The van der Waals surface area contributed by atoms with Gasteiger partial charge in [0.15, 0.2) is 5.75 Å². The molecule has 3 aliphatic rings. The SMILES string of the molecule is Cc1csc2c(OC(=O)N3CCN(C)CC3)cc3c(c12)[C@H](CCl)CN3C(=O)c1cc2cc(NC(=O)c3cc4cc(NC(=O)CCOCCOCCOCOCCNC(=O)CCN5C(=O)C=CC5=O)ccc4[nH]3)ccc2[nH]1. The number of ether oxygens (including phenoxy) is 5. The maximum absolute atomic E-state index is 14.4. The fourth-order valence-corrected chi connectivity index (χ4v) is 10.4. The summed E-state index contributed by atoms with van der Waals surface area (Å²) in [4.78, 5) is 102. The Hall–Kier alpha value is -7.18. The molecule has 0 saturated carbocycles. The summed E-state index contributed by atoms with van der Waals surface area (Å²) in [6, 6.07) is 15.9. The molecule has 0 radical (unpaired) electrons. The quantitative estimate of drug-likeness (QED) is 0.0216. The number of carbonyl (C=O) groups excluding carboxylic acids is 7. The molecule has 400 valence electrons. The van der Waals surface area contributed by atoms with E-state index < -0.39 is 17.9 Å². The molecule has 3 aromatic carbocycles. The van der Waals surface area contributed by atoms with Crippen molar-refractivity contribution in [2.24, 2.45) is 0 Å². The van der Waals surface area contributed by atoms with Crippen LogP contribution >= 0.6 is 22.9 Å². The van der Waals surface area contributed by atoms with Crippen molar-refractivity contribution in [1.29, 1.82) is 0 Å². The summed E-state index contributed by atoms with van der Waals surface area (Å²) >= 11 is 8.08. The number of hydrogen-bond donors (Lipinski definition) is 5. The van der Waals surface area contributed by atoms with Crippen LogP contribution in [0, 0.1) is 6.92 Å². The molecule has 6 aromatic rings. The summed E-state index contributed by atoms with van der Waals surface area (Å²) in [5.41, 5.74) is 5.79. The number of fused-ring (bicyclic) bond motifs is 5. The van der Waals surface area contributed by atoms with Gasteiger partial charge in [-0.3, -0.25) is 33.7 Å². The fourth-order valence-electron chi connectivity index (χ4n) is 9.17. The maximum Gasteiger partial charge on any atom is 0.415 e. The predicted octanol–water partition coefficient (Wildman–Crippen LogP) is 5.94. The number of aromatic nitrogens is 2. The van der Waals surface area contributed by atoms with Crippen molar-refractivity contribution in [2.75, 3.05) is 121 Å². The molecular weight excluding hydrogens is 1020 g/mol. The Morgan fingerprint density at radius 1 is 0.750 bits per heavy atom. The molecule has 9 rings (SSSR count). The van der Waals surface area contributed by atoms with Crippen LogP contribution in [0.4, 0.5) is 21.9 Å². The Morgan fingerprint density at radius 2 is 1.39 bits per heavy atom. The van der Waals surface area contributed by atoms with Gasteiger partial charge in [0.25, 0.3) is 23.6 Å². The van der Waals surface area contributed by atoms with E-state index in [0.29, 0.717) is 89.3 Å². The normalized spacial score (nSPS) is 15.6. The predicted molar refractivity (Wildman–Crippen MR) is 286 cm³/mol. The smallest absolute Gasteiger partial charge is 0.409 e. The second kappa shape index (κ2) is 24.7. The number of nitrogens with zero attached hydrogens (tertiary/aromatic N) is 4. The summed E-state index contributed by atoms with van der Waals surface area (Å²) in [5.74, 6) is -1.47. The van der Waals surface area contributed by atoms with E-state index in [9.17, 15) is 33.6 Å². The Kier molecular flexibility index (Phi) is 17.4. The molecule has 23 heteroatoms. The van der Waals surface area contributed by atoms with Crippen LogP contribution in [0.25, 0.3) is 31.9 Å². The molecule has 0 aliphatic carbocycles. The molecule has 21 nitrogen and oxygen atoms in total. The van der Waals surface area contributed by atoms with Crippen molar-refractivity contribution in [1.82, 2.24) is 30.0 Å². The molecule has 5 N–H and O–H groups in total. The molecule has 3 aliphatic heterocycles. The molecule has 0 spiro atoms. The first-order chi connectivity index (χ1) is 36.8. The van der Waals surface area contributed by atoms with Gasteiger partial charge in [0.2, 0.25) is 11.8 Å². The summed E-state index contributed by atoms with van der Waals surface area (Å²) in [6.07, 6.45) is 2.06. The van der Waals surface area contributed by atoms with Gasteiger partial charge in [-0.1, -0.05) is 0 Å². The third-order valence-electron chi connectivity index (χ3n) is 13.2. The average Bonchev–Trinajstić information content (AvgIpc) is 4.35. The van der Waals surface area contributed by atoms with Crippen LogP contribution in [0.1, 0.15) is 50.9 Å². The minimum Gasteiger partial charge on any atom is -0.409 e. The molecule has 0 bridgehead atoms. The lowest BCUT2D eigenvalue weighted by Crippen LogP contribution is -2.48. The second-order valence-corrected chi connectivity index (χ2v) is 19.7. The molecule has 76 heavy (non-hydrogen) atoms. The lowest BCUT2D eigenvalue weighted by molar-refractivity contribution is -0.137. The topological polar surface area (TPSA) is 246 Å². The van der Waals surface area contributed by atoms with E-state index in [1.165, 1.54) is 23.5 Å². The van der Waals surface area contributed by atoms with Crippen molar-refractivity contribution < 1.29 is 57.2 Å². The van der Waals surface area contributed by atoms with Crippen molar-refractivity contribution in [3.05, 3.63) is 94.6 Å². The Labute approximate surface area is 445 Å². The van der Waals surface area contributed by atoms with Gasteiger partial charge in [-0.2, -0.15) is 0 Å². The number of aromatic amines is 2. The van der Waals surface area contributed by atoms with Crippen LogP contribution in [0.3, 0.4) is 0 Å². The minimum absolute atomic E-state index is 0.00570. The number of piperazine rings is 1. The highest BCUT2D eigenvalue weighted by atomic mass is 35.5. The van der Waals surface area contributed by atoms with E-state index in [0.717, 1.165) is 44.6 Å². The highest BCUT2D eigenvalue weighted by Crippen LogP contribution is 2.49. The number of hydrogen-bond acceptors (Lipinski definition) is 14. The molecule has 1 atom stereocenters. The largest absolute Gasteiger partial charge is 0.415 e. The zero-order chi connectivity index (χ0) is 53.3. The van der Waals surface area contributed by atoms with Gasteiger partial charge in [0.05, 0.1) is 56.4 Å². The van der Waals surface area contributed by atoms with E-state index in [1.807, 2.05) is 19.4 Å². The average molecular weight is 1080 g/mol. The lowest BCUT2D eigenvalue weighted by atomic mass is 9.97. The standard InChI is InChI=1S/C53H58ClN9O12S/c1-32-30-76-50-43(75-53(70)61-15-13-60(2)14-16-61)27-42-49(48(32)50)35(28-54)29-63(42)52(69)41-26-34-24-37(4-6-39(34)59-41)57-51(68)40-25-33-23-36(3-5-38(33)58-40)56-45(65)10-17-71-19-20-72-21-22-74-31-73-18-11-55-44(64)9-12-62-46(66)7-8-47(62)67/h3-8,23-27,30,35,58-59H,9-22,28-29,31H2,1-2H3,(H,55,64)(H,56,65)(H,57,68)/t35-/m1/s1. The number of aryl methyl sites for hydroxylation is 1. The van der Waals surface area contributed by atoms with Crippen molar-refractivity contribution in [2.45, 2.75) is 25.7 Å². The number of alkyl halides is 1. The van der Waals surface area contributed by atoms with Gasteiger partial charge >= 0.3 is 6.09 Å². The number of rotatable bonds is 23. The van der Waals surface area contributed by atoms with Crippen molar-refractivity contribution in [3.63, 3.8) is 0 Å². The Morgan fingerprint density at radius 3 is 2.11 bits per heavy atom. The number of carbonyl (C=O) groups is 7. The monoisotopic (exact) mass is 1080 g/mol. The van der Waals surface area contributed by atoms with Crippen molar-refractivity contribution >= 4 is 113 Å². The molecule has 1 saturated heterocycles. The van der Waals surface area contributed by atoms with Crippen LogP contribution < -0.4 is 25.6 Å². The van der Waals surface area contributed by atoms with Crippen LogP contribution in [0.2, 0.25) is 0 Å². The third-order valence-corrected chi connectivity index (χ3v) is 14.7. The summed E-state index contributed by atoms with van der Waals surface area (Å²) in [7, 11) is 2.02. The van der Waals surface area contributed by atoms with Gasteiger partial charge < -0.3 is 64.3 Å². The Balaban J connectivity index is 0.697. The van der Waals surface area contributed by atoms with Crippen LogP contribution in [0.15, 0.2) is 72.1 Å². The molecule has 1 fully saturated rings. The second-order valence-electron chi connectivity index (χ2n) is 18.5. The van der Waals surface area contributed by atoms with Crippen molar-refractivity contribution in [3.8, 4) is 5.75 Å². The number of benzene rings is 3. The highest BCUT2D eigenvalue weighted by molar-refractivity contribution is 7.17. The number of H-pyrrole nitrogens is 2. The Bertz CT molecular complexity index is 3180. The van der Waals surface area contributed by atoms with Crippen LogP contribution in [-0.2, 0) is 38.1 Å². The number of thiophene rings is 1. The molecule has 3 aromatic heterocycles. The summed E-state index contributed by atoms with van der Waals surface area (Å²) in [6.45, 7) is 6.87. The maximum atomic E-state index is 14.4. The fraction of sp³-hybridized carbons (Fsp3) is 0.377. The zero-order valence-corrected chi connectivity index (χ0v) is 43.6. The number of amides is 7. The summed E-state index contributed by atoms with van der Waals surface area (Å²) in [5, 5.41) is 12.9. The van der Waals surface area contributed by atoms with E-state index in [1.54, 1.807) is 64.4 Å². The first kappa shape index (κ1) is 53.6. The van der Waals surface area contributed by atoms with Crippen LogP contribution in [-0.4, -0.2) is 171 Å². The highest BCUT2D eigenvalue weighted by Gasteiger charge is 2.37. The molecular formula is C53H58ClN9O12S. The molecule has 7 amide bonds. The van der Waals surface area contributed by atoms with E-state index in [4.69, 9.17) is 35.3 Å². The minimum atomic E-state index is -0.426. The molecule has 6 heterocycles. The van der Waals surface area contributed by atoms with E-state index >= 15 is 0 Å². The third kappa shape index (κ3) is 12.7. The number of likely N-dealkylation sites (N-methyl/N-ethyl adjacent to an activating group) is 1. The summed E-state index contributed by atoms with van der Waals surface area (Å²) < 4.78 is 28.6. The first-order valence-corrected chi connectivity index (χ1v) is 26.3. The van der Waals surface area contributed by atoms with Gasteiger partial charge in [0, 0.05) is 121 Å². The lowest BCUT2D eigenvalue weighted by Gasteiger charge is -2.31. The van der Waals surface area contributed by atoms with E-state index in [-0.39, 0.29) is 88.7 Å². The molecule has 0 unspecified atom stereocenters. The number of halogens is 1. The van der Waals surface area contributed by atoms with E-state index in [2.05, 4.69) is 30.8 Å². The number of imide groups is 1. The van der Waals surface area contributed by atoms with Crippen LogP contribution in [0.5, 0.6) is 5.75 Å². The number of anilines is 3. The van der Waals surface area contributed by atoms with Gasteiger partial charge in [0.1, 0.15) is 18.2 Å². The first-order valence-electron chi connectivity index (χ1n) is 24.9. The number of nitrogens with one attached hydrogen (secondary N) is 5. The van der Waals surface area contributed by atoms with Gasteiger partial charge in [-0.15, -0.1) is 22.9 Å².